The van der Waals surface area contributed by atoms with Crippen LogP contribution in [0.1, 0.15) is 37.9 Å². The van der Waals surface area contributed by atoms with Gasteiger partial charge in [-0.05, 0) is 38.6 Å². The van der Waals surface area contributed by atoms with Crippen molar-refractivity contribution in [3.63, 3.8) is 0 Å². The Morgan fingerprint density at radius 3 is 2.88 bits per heavy atom. The predicted molar refractivity (Wildman–Crippen MR) is 66.3 cm³/mol. The molecule has 1 saturated carbocycles. The second kappa shape index (κ2) is 5.48. The smallest absolute Gasteiger partial charge is 0.108 e. The molecule has 1 atom stereocenters. The van der Waals surface area contributed by atoms with E-state index in [1.54, 1.807) is 0 Å². The van der Waals surface area contributed by atoms with Crippen LogP contribution in [-0.4, -0.2) is 22.6 Å². The first-order chi connectivity index (χ1) is 7.81. The molecule has 0 amide bonds. The Morgan fingerprint density at radius 2 is 2.31 bits per heavy atom. The Bertz CT molecular complexity index is 315. The molecule has 1 aromatic heterocycles. The summed E-state index contributed by atoms with van der Waals surface area (Å²) in [5.74, 6) is 2.19. The minimum atomic E-state index is 0.765. The van der Waals surface area contributed by atoms with Crippen LogP contribution >= 0.6 is 0 Å². The lowest BCUT2D eigenvalue weighted by Crippen LogP contribution is -2.27. The van der Waals surface area contributed by atoms with Gasteiger partial charge >= 0.3 is 0 Å². The van der Waals surface area contributed by atoms with Crippen molar-refractivity contribution in [2.45, 2.75) is 44.6 Å². The highest BCUT2D eigenvalue weighted by atomic mass is 15.0. The molecule has 1 heterocycles. The fraction of sp³-hybridized carbons (Fsp3) is 0.769. The van der Waals surface area contributed by atoms with Crippen LogP contribution in [0.2, 0.25) is 0 Å². The van der Waals surface area contributed by atoms with Gasteiger partial charge in [-0.2, -0.15) is 0 Å². The molecule has 1 unspecified atom stereocenters. The zero-order valence-electron chi connectivity index (χ0n) is 10.4. The SMILES string of the molecule is CNC(CCCCc1nccn1C)C1CC1. The highest BCUT2D eigenvalue weighted by Crippen LogP contribution is 2.34. The lowest BCUT2D eigenvalue weighted by atomic mass is 10.0. The summed E-state index contributed by atoms with van der Waals surface area (Å²) >= 11 is 0. The molecule has 90 valence electrons. The molecule has 0 bridgehead atoms. The van der Waals surface area contributed by atoms with Crippen molar-refractivity contribution in [3.8, 4) is 0 Å². The number of nitrogens with zero attached hydrogens (tertiary/aromatic N) is 2. The number of imidazole rings is 1. The van der Waals surface area contributed by atoms with Gasteiger partial charge in [0.05, 0.1) is 0 Å². The second-order valence-electron chi connectivity index (χ2n) is 4.93. The molecule has 0 aromatic carbocycles. The normalized spacial score (nSPS) is 17.6. The maximum Gasteiger partial charge on any atom is 0.108 e. The van der Waals surface area contributed by atoms with Crippen LogP contribution in [0.25, 0.3) is 0 Å². The summed E-state index contributed by atoms with van der Waals surface area (Å²) in [5, 5.41) is 3.45. The van der Waals surface area contributed by atoms with Crippen LogP contribution in [-0.2, 0) is 13.5 Å². The first-order valence-corrected chi connectivity index (χ1v) is 6.44. The monoisotopic (exact) mass is 221 g/mol. The molecule has 0 aliphatic heterocycles. The van der Waals surface area contributed by atoms with Gasteiger partial charge in [0.1, 0.15) is 5.82 Å². The van der Waals surface area contributed by atoms with Gasteiger partial charge in [-0.15, -0.1) is 0 Å². The van der Waals surface area contributed by atoms with Crippen molar-refractivity contribution in [2.75, 3.05) is 7.05 Å². The molecule has 1 aromatic rings. The van der Waals surface area contributed by atoms with Crippen molar-refractivity contribution in [1.82, 2.24) is 14.9 Å². The summed E-state index contributed by atoms with van der Waals surface area (Å²) in [5.41, 5.74) is 0. The maximum absolute atomic E-state index is 4.35. The molecule has 2 rings (SSSR count). The number of hydrogen-bond donors (Lipinski definition) is 1. The van der Waals surface area contributed by atoms with Crippen LogP contribution in [0.4, 0.5) is 0 Å². The Labute approximate surface area is 98.3 Å². The average Bonchev–Trinajstić information content (AvgIpc) is 3.04. The molecule has 1 fully saturated rings. The van der Waals surface area contributed by atoms with Gasteiger partial charge in [-0.3, -0.25) is 0 Å². The molecule has 3 nitrogen and oxygen atoms in total. The number of rotatable bonds is 7. The summed E-state index contributed by atoms with van der Waals surface area (Å²) in [4.78, 5) is 4.35. The fourth-order valence-corrected chi connectivity index (χ4v) is 2.40. The van der Waals surface area contributed by atoms with Crippen molar-refractivity contribution in [3.05, 3.63) is 18.2 Å². The number of nitrogens with one attached hydrogen (secondary N) is 1. The summed E-state index contributed by atoms with van der Waals surface area (Å²) in [6.45, 7) is 0. The Kier molecular flexibility index (Phi) is 3.99. The maximum atomic E-state index is 4.35. The van der Waals surface area contributed by atoms with E-state index in [0.29, 0.717) is 0 Å². The van der Waals surface area contributed by atoms with Crippen molar-refractivity contribution < 1.29 is 0 Å². The first kappa shape index (κ1) is 11.6. The van der Waals surface area contributed by atoms with E-state index in [1.807, 2.05) is 12.4 Å². The number of hydrogen-bond acceptors (Lipinski definition) is 2. The fourth-order valence-electron chi connectivity index (χ4n) is 2.40. The zero-order valence-corrected chi connectivity index (χ0v) is 10.4. The number of unbranched alkanes of at least 4 members (excludes halogenated alkanes) is 1. The predicted octanol–water partition coefficient (Wildman–Crippen LogP) is 2.13. The molecule has 16 heavy (non-hydrogen) atoms. The quantitative estimate of drug-likeness (QED) is 0.715. The molecule has 0 saturated heterocycles. The van der Waals surface area contributed by atoms with Gasteiger partial charge in [0.15, 0.2) is 0 Å². The number of aryl methyl sites for hydroxylation is 2. The topological polar surface area (TPSA) is 29.9 Å². The van der Waals surface area contributed by atoms with Gasteiger partial charge in [-0.1, -0.05) is 6.42 Å². The molecule has 0 spiro atoms. The Hall–Kier alpha value is -0.830. The molecule has 1 N–H and O–H groups in total. The third kappa shape index (κ3) is 3.08. The van der Waals surface area contributed by atoms with Crippen LogP contribution in [0, 0.1) is 5.92 Å². The minimum absolute atomic E-state index is 0.765. The molecule has 3 heteroatoms. The molecule has 1 aliphatic carbocycles. The molecule has 1 aliphatic rings. The Balaban J connectivity index is 1.62. The van der Waals surface area contributed by atoms with E-state index in [4.69, 9.17) is 0 Å². The van der Waals surface area contributed by atoms with Crippen molar-refractivity contribution in [1.29, 1.82) is 0 Å². The van der Waals surface area contributed by atoms with Gasteiger partial charge in [0.25, 0.3) is 0 Å². The van der Waals surface area contributed by atoms with Crippen LogP contribution in [0.3, 0.4) is 0 Å². The lowest BCUT2D eigenvalue weighted by molar-refractivity contribution is 0.447. The van der Waals surface area contributed by atoms with Gasteiger partial charge in [0, 0.05) is 31.9 Å². The lowest BCUT2D eigenvalue weighted by Gasteiger charge is -2.14. The highest BCUT2D eigenvalue weighted by Gasteiger charge is 2.29. The van der Waals surface area contributed by atoms with Crippen LogP contribution in [0.15, 0.2) is 12.4 Å². The summed E-state index contributed by atoms with van der Waals surface area (Å²) < 4.78 is 2.12. The van der Waals surface area contributed by atoms with Gasteiger partial charge in [-0.25, -0.2) is 4.98 Å². The van der Waals surface area contributed by atoms with E-state index < -0.39 is 0 Å². The average molecular weight is 221 g/mol. The third-order valence-corrected chi connectivity index (χ3v) is 3.65. The number of aromatic nitrogens is 2. The third-order valence-electron chi connectivity index (χ3n) is 3.65. The van der Waals surface area contributed by atoms with Crippen LogP contribution < -0.4 is 5.32 Å². The Morgan fingerprint density at radius 1 is 1.50 bits per heavy atom. The van der Waals surface area contributed by atoms with E-state index in [-0.39, 0.29) is 0 Å². The van der Waals surface area contributed by atoms with E-state index in [9.17, 15) is 0 Å². The molecule has 0 radical (unpaired) electrons. The van der Waals surface area contributed by atoms with E-state index in [2.05, 4.69) is 29.0 Å². The highest BCUT2D eigenvalue weighted by molar-refractivity contribution is 4.91. The second-order valence-corrected chi connectivity index (χ2v) is 4.93. The molecular formula is C13H23N3. The largest absolute Gasteiger partial charge is 0.338 e. The summed E-state index contributed by atoms with van der Waals surface area (Å²) in [6.07, 6.45) is 11.8. The zero-order chi connectivity index (χ0) is 11.4. The van der Waals surface area contributed by atoms with Crippen LogP contribution in [0.5, 0.6) is 0 Å². The van der Waals surface area contributed by atoms with E-state index >= 15 is 0 Å². The van der Waals surface area contributed by atoms with Gasteiger partial charge < -0.3 is 9.88 Å². The van der Waals surface area contributed by atoms with Crippen molar-refractivity contribution in [2.24, 2.45) is 13.0 Å². The first-order valence-electron chi connectivity index (χ1n) is 6.44. The van der Waals surface area contributed by atoms with Crippen molar-refractivity contribution >= 4 is 0 Å². The summed E-state index contributed by atoms with van der Waals surface area (Å²) in [6, 6.07) is 0.765. The molecular weight excluding hydrogens is 198 g/mol. The summed E-state index contributed by atoms with van der Waals surface area (Å²) in [7, 11) is 4.17. The van der Waals surface area contributed by atoms with Gasteiger partial charge in [0.2, 0.25) is 0 Å². The van der Waals surface area contributed by atoms with E-state index in [0.717, 1.165) is 18.4 Å². The van der Waals surface area contributed by atoms with E-state index in [1.165, 1.54) is 37.9 Å². The standard InChI is InChI=1S/C13H23N3/c1-14-12(11-7-8-11)5-3-4-6-13-15-9-10-16(13)2/h9-12,14H,3-8H2,1-2H3. The minimum Gasteiger partial charge on any atom is -0.338 e.